The van der Waals surface area contributed by atoms with Crippen LogP contribution in [0.15, 0.2) is 48.5 Å². The average Bonchev–Trinajstić information content (AvgIpc) is 2.25. The zero-order valence-electron chi connectivity index (χ0n) is 7.75. The molecule has 2 rings (SSSR count). The summed E-state index contributed by atoms with van der Waals surface area (Å²) in [6, 6.07) is 13.0. The second-order valence-electron chi connectivity index (χ2n) is 2.97. The molecule has 0 radical (unpaired) electrons. The fourth-order valence-electron chi connectivity index (χ4n) is 1.11. The number of halogens is 3. The standard InChI is InChI=1S/C12H8F2I/c13-9-1-5-11(6-2-9)15-12-7-3-10(14)4-8-12/h1-8H/q-1. The number of hydrogen-bond acceptors (Lipinski definition) is 0. The van der Waals surface area contributed by atoms with Crippen molar-refractivity contribution >= 4 is 0 Å². The van der Waals surface area contributed by atoms with Crippen LogP contribution in [0, 0.1) is 18.8 Å². The van der Waals surface area contributed by atoms with Gasteiger partial charge in [-0.3, -0.25) is 0 Å². The van der Waals surface area contributed by atoms with E-state index in [1.807, 2.05) is 0 Å². The molecule has 0 saturated heterocycles. The molecule has 0 aliphatic heterocycles. The van der Waals surface area contributed by atoms with Crippen LogP contribution in [0.25, 0.3) is 0 Å². The predicted octanol–water partition coefficient (Wildman–Crippen LogP) is 0.0932. The van der Waals surface area contributed by atoms with Gasteiger partial charge in [0.25, 0.3) is 0 Å². The Labute approximate surface area is 97.2 Å². The molecule has 15 heavy (non-hydrogen) atoms. The molecule has 78 valence electrons. The molecule has 2 aromatic rings. The Morgan fingerprint density at radius 3 is 1.27 bits per heavy atom. The van der Waals surface area contributed by atoms with Gasteiger partial charge in [-0.15, -0.1) is 0 Å². The summed E-state index contributed by atoms with van der Waals surface area (Å²) in [5, 5.41) is 0. The third-order valence-corrected chi connectivity index (χ3v) is 4.51. The third kappa shape index (κ3) is 2.99. The van der Waals surface area contributed by atoms with E-state index in [-0.39, 0.29) is 32.8 Å². The molecule has 0 unspecified atom stereocenters. The van der Waals surface area contributed by atoms with Gasteiger partial charge in [0.05, 0.1) is 0 Å². The molecule has 2 aromatic carbocycles. The van der Waals surface area contributed by atoms with E-state index in [0.29, 0.717) is 0 Å². The van der Waals surface area contributed by atoms with Gasteiger partial charge in [0.2, 0.25) is 0 Å². The second kappa shape index (κ2) is 4.70. The Balaban J connectivity index is 2.15. The number of rotatable bonds is 2. The van der Waals surface area contributed by atoms with Crippen LogP contribution in [-0.2, 0) is 0 Å². The van der Waals surface area contributed by atoms with Gasteiger partial charge >= 0.3 is 97.3 Å². The Morgan fingerprint density at radius 1 is 0.600 bits per heavy atom. The maximum atomic E-state index is 12.6. The van der Waals surface area contributed by atoms with Gasteiger partial charge in [-0.2, -0.15) is 0 Å². The molecule has 0 spiro atoms. The van der Waals surface area contributed by atoms with Gasteiger partial charge < -0.3 is 0 Å². The van der Waals surface area contributed by atoms with Gasteiger partial charge in [0, 0.05) is 0 Å². The van der Waals surface area contributed by atoms with Crippen molar-refractivity contribution in [1.29, 1.82) is 0 Å². The molecule has 0 aliphatic carbocycles. The summed E-state index contributed by atoms with van der Waals surface area (Å²) in [6.07, 6.45) is 0. The summed E-state index contributed by atoms with van der Waals surface area (Å²) in [5.74, 6) is -0.441. The molecule has 0 aliphatic rings. The summed E-state index contributed by atoms with van der Waals surface area (Å²) >= 11 is -0.330. The summed E-state index contributed by atoms with van der Waals surface area (Å²) in [6.45, 7) is 0. The molecule has 0 amide bonds. The van der Waals surface area contributed by atoms with Gasteiger partial charge in [0.15, 0.2) is 0 Å². The van der Waals surface area contributed by atoms with E-state index in [9.17, 15) is 8.78 Å². The summed E-state index contributed by atoms with van der Waals surface area (Å²) < 4.78 is 27.5. The Bertz CT molecular complexity index is 391. The molecule has 0 atom stereocenters. The third-order valence-electron chi connectivity index (χ3n) is 1.83. The van der Waals surface area contributed by atoms with E-state index in [2.05, 4.69) is 0 Å². The Hall–Kier alpha value is -0.970. The van der Waals surface area contributed by atoms with Crippen molar-refractivity contribution in [3.63, 3.8) is 0 Å². The van der Waals surface area contributed by atoms with Crippen molar-refractivity contribution in [3.8, 4) is 0 Å². The van der Waals surface area contributed by atoms with Crippen molar-refractivity contribution in [2.45, 2.75) is 0 Å². The molecule has 0 heterocycles. The fraction of sp³-hybridized carbons (Fsp3) is 0. The minimum absolute atomic E-state index is 0.220. The van der Waals surface area contributed by atoms with E-state index in [0.717, 1.165) is 7.14 Å². The number of hydrogen-bond donors (Lipinski definition) is 0. The van der Waals surface area contributed by atoms with E-state index >= 15 is 0 Å². The molecule has 0 nitrogen and oxygen atoms in total. The average molecular weight is 317 g/mol. The molecule has 3 heteroatoms. The normalized spacial score (nSPS) is 10.5. The first-order valence-corrected chi connectivity index (χ1v) is 6.56. The summed E-state index contributed by atoms with van der Waals surface area (Å²) in [7, 11) is 0. The first kappa shape index (κ1) is 10.5. The van der Waals surface area contributed by atoms with Crippen LogP contribution in [0.4, 0.5) is 8.78 Å². The van der Waals surface area contributed by atoms with Crippen LogP contribution in [0.1, 0.15) is 0 Å². The zero-order valence-corrected chi connectivity index (χ0v) is 9.91. The Morgan fingerprint density at radius 2 is 0.933 bits per heavy atom. The minimum atomic E-state index is -0.330. The van der Waals surface area contributed by atoms with Crippen LogP contribution in [-0.4, -0.2) is 0 Å². The topological polar surface area (TPSA) is 0 Å². The van der Waals surface area contributed by atoms with E-state index in [1.54, 1.807) is 24.3 Å². The second-order valence-corrected chi connectivity index (χ2v) is 6.00. The monoisotopic (exact) mass is 317 g/mol. The molecular formula is C12H8F2I-. The summed E-state index contributed by atoms with van der Waals surface area (Å²) in [5.41, 5.74) is 0. The van der Waals surface area contributed by atoms with Gasteiger partial charge in [-0.05, 0) is 0 Å². The van der Waals surface area contributed by atoms with Crippen LogP contribution in [0.3, 0.4) is 0 Å². The van der Waals surface area contributed by atoms with Crippen molar-refractivity contribution in [2.75, 3.05) is 0 Å². The van der Waals surface area contributed by atoms with Crippen molar-refractivity contribution < 1.29 is 30.0 Å². The van der Waals surface area contributed by atoms with E-state index in [4.69, 9.17) is 0 Å². The van der Waals surface area contributed by atoms with Gasteiger partial charge in [0.1, 0.15) is 0 Å². The predicted molar refractivity (Wildman–Crippen MR) is 50.2 cm³/mol. The van der Waals surface area contributed by atoms with Crippen LogP contribution in [0.5, 0.6) is 0 Å². The van der Waals surface area contributed by atoms with Crippen LogP contribution in [0.2, 0.25) is 0 Å². The molecule has 0 saturated carbocycles. The van der Waals surface area contributed by atoms with Crippen LogP contribution < -0.4 is 21.2 Å². The molecule has 0 N–H and O–H groups in total. The molecule has 0 aromatic heterocycles. The molecule has 0 bridgehead atoms. The zero-order chi connectivity index (χ0) is 10.7. The van der Waals surface area contributed by atoms with Crippen molar-refractivity contribution in [1.82, 2.24) is 0 Å². The van der Waals surface area contributed by atoms with E-state index in [1.165, 1.54) is 24.3 Å². The van der Waals surface area contributed by atoms with Crippen LogP contribution >= 0.6 is 0 Å². The van der Waals surface area contributed by atoms with Gasteiger partial charge in [-0.25, -0.2) is 0 Å². The molecular weight excluding hydrogens is 309 g/mol. The maximum absolute atomic E-state index is 12.6. The SMILES string of the molecule is Fc1ccc([I-]c2ccc(F)cc2)cc1. The first-order valence-electron chi connectivity index (χ1n) is 4.40. The van der Waals surface area contributed by atoms with Crippen molar-refractivity contribution in [3.05, 3.63) is 67.3 Å². The fourth-order valence-corrected chi connectivity index (χ4v) is 3.27. The first-order chi connectivity index (χ1) is 7.24. The number of benzene rings is 2. The Kier molecular flexibility index (Phi) is 3.30. The van der Waals surface area contributed by atoms with Gasteiger partial charge in [-0.1, -0.05) is 0 Å². The quantitative estimate of drug-likeness (QED) is 0.689. The molecule has 0 fully saturated rings. The van der Waals surface area contributed by atoms with E-state index < -0.39 is 0 Å². The van der Waals surface area contributed by atoms with Crippen molar-refractivity contribution in [2.24, 2.45) is 0 Å². The summed E-state index contributed by atoms with van der Waals surface area (Å²) in [4.78, 5) is 0.